The molecule has 0 bridgehead atoms. The maximum Gasteiger partial charge on any atom is 0.293 e. The molecule has 4 nitrogen and oxygen atoms in total. The standard InChI is InChI=1S/C7H5F3N2O2/c1-3-5(12(13)14)2-4(8)6(11-3)7(9)10/h2,7H,1H3. The SMILES string of the molecule is Cc1nc(C(F)F)c(F)cc1[N+](=O)[O-]. The Bertz CT molecular complexity index is 381. The highest BCUT2D eigenvalue weighted by Gasteiger charge is 2.21. The molecule has 14 heavy (non-hydrogen) atoms. The van der Waals surface area contributed by atoms with Gasteiger partial charge >= 0.3 is 0 Å². The molecule has 1 heterocycles. The lowest BCUT2D eigenvalue weighted by Gasteiger charge is -2.02. The van der Waals surface area contributed by atoms with Crippen LogP contribution in [0.2, 0.25) is 0 Å². The van der Waals surface area contributed by atoms with Gasteiger partial charge in [0, 0.05) is 0 Å². The van der Waals surface area contributed by atoms with Gasteiger partial charge in [0.1, 0.15) is 11.4 Å². The molecule has 0 radical (unpaired) electrons. The maximum atomic E-state index is 12.8. The minimum absolute atomic E-state index is 0.230. The first-order valence-electron chi connectivity index (χ1n) is 3.53. The number of halogens is 3. The van der Waals surface area contributed by atoms with Gasteiger partial charge in [-0.05, 0) is 6.92 Å². The zero-order valence-corrected chi connectivity index (χ0v) is 7.00. The number of hydrogen-bond donors (Lipinski definition) is 0. The van der Waals surface area contributed by atoms with E-state index >= 15 is 0 Å². The zero-order chi connectivity index (χ0) is 10.9. The second-order valence-corrected chi connectivity index (χ2v) is 2.52. The van der Waals surface area contributed by atoms with E-state index in [1.807, 2.05) is 0 Å². The van der Waals surface area contributed by atoms with Crippen molar-refractivity contribution >= 4 is 5.69 Å². The highest BCUT2D eigenvalue weighted by atomic mass is 19.3. The van der Waals surface area contributed by atoms with E-state index in [2.05, 4.69) is 4.98 Å². The first-order chi connectivity index (χ1) is 6.43. The van der Waals surface area contributed by atoms with Crippen molar-refractivity contribution in [3.63, 3.8) is 0 Å². The summed E-state index contributed by atoms with van der Waals surface area (Å²) in [4.78, 5) is 12.5. The van der Waals surface area contributed by atoms with Gasteiger partial charge in [0.15, 0.2) is 5.82 Å². The Hall–Kier alpha value is -1.66. The molecular weight excluding hydrogens is 201 g/mol. The highest BCUT2D eigenvalue weighted by Crippen LogP contribution is 2.25. The van der Waals surface area contributed by atoms with E-state index in [1.165, 1.54) is 6.92 Å². The normalized spacial score (nSPS) is 10.6. The van der Waals surface area contributed by atoms with Crippen molar-refractivity contribution in [1.82, 2.24) is 4.98 Å². The Morgan fingerprint density at radius 2 is 2.14 bits per heavy atom. The van der Waals surface area contributed by atoms with Crippen molar-refractivity contribution in [1.29, 1.82) is 0 Å². The summed E-state index contributed by atoms with van der Waals surface area (Å²) in [6, 6.07) is 0.448. The minimum Gasteiger partial charge on any atom is -0.258 e. The van der Waals surface area contributed by atoms with Crippen LogP contribution in [0.3, 0.4) is 0 Å². The smallest absolute Gasteiger partial charge is 0.258 e. The predicted octanol–water partition coefficient (Wildman–Crippen LogP) is 2.37. The van der Waals surface area contributed by atoms with Gasteiger partial charge in [-0.3, -0.25) is 10.1 Å². The lowest BCUT2D eigenvalue weighted by Crippen LogP contribution is -2.02. The van der Waals surface area contributed by atoms with Gasteiger partial charge in [-0.1, -0.05) is 0 Å². The molecule has 7 heteroatoms. The minimum atomic E-state index is -3.07. The number of nitrogens with zero attached hydrogens (tertiary/aromatic N) is 2. The van der Waals surface area contributed by atoms with Crippen LogP contribution in [0.1, 0.15) is 17.8 Å². The van der Waals surface area contributed by atoms with Crippen molar-refractivity contribution in [2.45, 2.75) is 13.3 Å². The molecule has 1 rings (SSSR count). The van der Waals surface area contributed by atoms with Crippen LogP contribution in [0.5, 0.6) is 0 Å². The molecule has 0 unspecified atom stereocenters. The van der Waals surface area contributed by atoms with E-state index < -0.39 is 28.5 Å². The van der Waals surface area contributed by atoms with Gasteiger partial charge in [0.2, 0.25) is 0 Å². The fourth-order valence-corrected chi connectivity index (χ4v) is 0.928. The fraction of sp³-hybridized carbons (Fsp3) is 0.286. The van der Waals surface area contributed by atoms with E-state index in [9.17, 15) is 23.3 Å². The van der Waals surface area contributed by atoms with Crippen LogP contribution in [0.15, 0.2) is 6.07 Å². The molecule has 1 aromatic heterocycles. The molecule has 1 aromatic rings. The van der Waals surface area contributed by atoms with Crippen LogP contribution in [0.25, 0.3) is 0 Å². The summed E-state index contributed by atoms with van der Waals surface area (Å²) >= 11 is 0. The van der Waals surface area contributed by atoms with E-state index in [0.717, 1.165) is 0 Å². The van der Waals surface area contributed by atoms with Gasteiger partial charge in [-0.25, -0.2) is 18.2 Å². The van der Waals surface area contributed by atoms with Crippen molar-refractivity contribution in [2.75, 3.05) is 0 Å². The molecule has 0 aliphatic rings. The molecule has 0 N–H and O–H groups in total. The van der Waals surface area contributed by atoms with Gasteiger partial charge in [0.05, 0.1) is 11.0 Å². The second-order valence-electron chi connectivity index (χ2n) is 2.52. The first kappa shape index (κ1) is 10.4. The van der Waals surface area contributed by atoms with Crippen molar-refractivity contribution in [2.24, 2.45) is 0 Å². The molecule has 0 aromatic carbocycles. The lowest BCUT2D eigenvalue weighted by atomic mass is 10.2. The Morgan fingerprint density at radius 1 is 1.57 bits per heavy atom. The quantitative estimate of drug-likeness (QED) is 0.551. The van der Waals surface area contributed by atoms with Gasteiger partial charge in [-0.15, -0.1) is 0 Å². The Labute approximate surface area is 76.5 Å². The Kier molecular flexibility index (Phi) is 2.68. The van der Waals surface area contributed by atoms with Crippen LogP contribution >= 0.6 is 0 Å². The topological polar surface area (TPSA) is 56.0 Å². The molecule has 0 aliphatic carbocycles. The molecule has 0 atom stereocenters. The highest BCUT2D eigenvalue weighted by molar-refractivity contribution is 5.36. The third-order valence-corrected chi connectivity index (χ3v) is 1.57. The zero-order valence-electron chi connectivity index (χ0n) is 7.00. The number of nitro groups is 1. The molecule has 0 aliphatic heterocycles. The summed E-state index contributed by atoms with van der Waals surface area (Å²) in [5, 5.41) is 10.3. The maximum absolute atomic E-state index is 12.8. The second kappa shape index (κ2) is 3.60. The van der Waals surface area contributed by atoms with Gasteiger partial charge in [-0.2, -0.15) is 0 Å². The summed E-state index contributed by atoms with van der Waals surface area (Å²) in [5.41, 5.74) is -1.90. The Morgan fingerprint density at radius 3 is 2.57 bits per heavy atom. The number of alkyl halides is 2. The number of pyridine rings is 1. The summed E-state index contributed by atoms with van der Waals surface area (Å²) in [6.45, 7) is 1.17. The molecular formula is C7H5F3N2O2. The average Bonchev–Trinajstić information content (AvgIpc) is 2.07. The predicted molar refractivity (Wildman–Crippen MR) is 40.5 cm³/mol. The summed E-state index contributed by atoms with van der Waals surface area (Å²) in [6.07, 6.45) is -3.07. The van der Waals surface area contributed by atoms with Crippen LogP contribution < -0.4 is 0 Å². The molecule has 0 fully saturated rings. The van der Waals surface area contributed by atoms with Crippen LogP contribution in [-0.2, 0) is 0 Å². The number of hydrogen-bond acceptors (Lipinski definition) is 3. The monoisotopic (exact) mass is 206 g/mol. The Balaban J connectivity index is 3.31. The lowest BCUT2D eigenvalue weighted by molar-refractivity contribution is -0.386. The summed E-state index contributed by atoms with van der Waals surface area (Å²) in [7, 11) is 0. The van der Waals surface area contributed by atoms with E-state index in [4.69, 9.17) is 0 Å². The van der Waals surface area contributed by atoms with Crippen molar-refractivity contribution < 1.29 is 18.1 Å². The average molecular weight is 206 g/mol. The van der Waals surface area contributed by atoms with Crippen LogP contribution in [0.4, 0.5) is 18.9 Å². The molecule has 0 saturated carbocycles. The summed E-state index contributed by atoms with van der Waals surface area (Å²) < 4.78 is 36.9. The van der Waals surface area contributed by atoms with E-state index in [0.29, 0.717) is 6.07 Å². The number of aryl methyl sites for hydroxylation is 1. The number of aromatic nitrogens is 1. The molecule has 0 saturated heterocycles. The fourth-order valence-electron chi connectivity index (χ4n) is 0.928. The van der Waals surface area contributed by atoms with E-state index in [-0.39, 0.29) is 5.69 Å². The first-order valence-corrected chi connectivity index (χ1v) is 3.53. The largest absolute Gasteiger partial charge is 0.293 e. The number of rotatable bonds is 2. The van der Waals surface area contributed by atoms with Crippen molar-refractivity contribution in [3.8, 4) is 0 Å². The third kappa shape index (κ3) is 1.81. The van der Waals surface area contributed by atoms with Gasteiger partial charge in [0.25, 0.3) is 12.1 Å². The van der Waals surface area contributed by atoms with Crippen LogP contribution in [0, 0.1) is 22.9 Å². The van der Waals surface area contributed by atoms with Crippen LogP contribution in [-0.4, -0.2) is 9.91 Å². The molecule has 0 amide bonds. The van der Waals surface area contributed by atoms with Gasteiger partial charge < -0.3 is 0 Å². The molecule has 76 valence electrons. The summed E-state index contributed by atoms with van der Waals surface area (Å²) in [5.74, 6) is -1.36. The van der Waals surface area contributed by atoms with E-state index in [1.54, 1.807) is 0 Å². The molecule has 0 spiro atoms. The third-order valence-electron chi connectivity index (χ3n) is 1.57. The van der Waals surface area contributed by atoms with Crippen molar-refractivity contribution in [3.05, 3.63) is 33.4 Å².